The number of hydrogen-bond acceptors (Lipinski definition) is 0. The lowest BCUT2D eigenvalue weighted by Gasteiger charge is -2.19. The maximum Gasteiger partial charge on any atom is 0.0636 e. The Morgan fingerprint density at radius 2 is 0.833 bits per heavy atom. The average Bonchev–Trinajstić information content (AvgIpc) is 3.22. The molecule has 0 aliphatic carbocycles. The van der Waals surface area contributed by atoms with Crippen LogP contribution >= 0.6 is 0 Å². The largest absolute Gasteiger partial charge is 0.0636 e. The molecule has 36 heavy (non-hydrogen) atoms. The molecule has 0 saturated heterocycles. The zero-order valence-electron chi connectivity index (χ0n) is 42.0. The second-order valence-electron chi connectivity index (χ2n) is 7.50. The highest BCUT2D eigenvalue weighted by molar-refractivity contribution is 6.22. The van der Waals surface area contributed by atoms with Gasteiger partial charge in [0.15, 0.2) is 0 Å². The molecule has 0 bridgehead atoms. The lowest BCUT2D eigenvalue weighted by Crippen LogP contribution is -1.91. The first-order chi connectivity index (χ1) is 27.9. The summed E-state index contributed by atoms with van der Waals surface area (Å²) in [6, 6.07) is -22.3. The van der Waals surface area contributed by atoms with Crippen LogP contribution in [0.1, 0.15) is 32.9 Å². The molecule has 0 atom stereocenters. The van der Waals surface area contributed by atoms with E-state index in [0.29, 0.717) is 0 Å². The Hall–Kier alpha value is -4.68. The van der Waals surface area contributed by atoms with Crippen molar-refractivity contribution < 1.29 is 32.9 Å². The van der Waals surface area contributed by atoms with Gasteiger partial charge in [-0.3, -0.25) is 0 Å². The Kier molecular flexibility index (Phi) is 1.81. The van der Waals surface area contributed by atoms with Crippen LogP contribution in [0.4, 0.5) is 0 Å². The lowest BCUT2D eigenvalue weighted by molar-refractivity contribution is 1.64. The highest BCUT2D eigenvalue weighted by Crippen LogP contribution is 2.45. The molecule has 0 unspecified atom stereocenters. The molecule has 0 aromatic heterocycles. The molecule has 7 rings (SSSR count). The first-order valence-corrected chi connectivity index (χ1v) is 10.5. The molecule has 7 aromatic rings. The van der Waals surface area contributed by atoms with Crippen LogP contribution in [0.25, 0.3) is 65.7 Å². The monoisotopic (exact) mass is 480 g/mol. The fourth-order valence-electron chi connectivity index (χ4n) is 4.09. The molecular weight excluding hydrogens is 432 g/mol. The minimum atomic E-state index is -1.03. The summed E-state index contributed by atoms with van der Waals surface area (Å²) in [6.45, 7) is 0. The van der Waals surface area contributed by atoms with Crippen LogP contribution in [0, 0.1) is 0 Å². The van der Waals surface area contributed by atoms with Crippen molar-refractivity contribution in [1.29, 1.82) is 0 Å². The quantitative estimate of drug-likeness (QED) is 0.221. The molecule has 0 N–H and O–H groups in total. The Morgan fingerprint density at radius 3 is 1.50 bits per heavy atom. The summed E-state index contributed by atoms with van der Waals surface area (Å²) in [5, 5.41) is -4.08. The molecule has 168 valence electrons. The first-order valence-electron chi connectivity index (χ1n) is 22.5. The highest BCUT2D eigenvalue weighted by atomic mass is 14.2. The van der Waals surface area contributed by atoms with E-state index < -0.39 is 211 Å². The van der Waals surface area contributed by atoms with E-state index in [0.717, 1.165) is 0 Å². The third kappa shape index (κ3) is 3.31. The van der Waals surface area contributed by atoms with Gasteiger partial charge in [0.05, 0.1) is 32.9 Å². The molecule has 0 nitrogen and oxygen atoms in total. The molecule has 0 fully saturated rings. The highest BCUT2D eigenvalue weighted by Gasteiger charge is 2.17. The molecule has 0 aliphatic rings. The van der Waals surface area contributed by atoms with Crippen molar-refractivity contribution in [2.45, 2.75) is 0 Å². The summed E-state index contributed by atoms with van der Waals surface area (Å²) in [7, 11) is 0. The van der Waals surface area contributed by atoms with Crippen molar-refractivity contribution in [3.63, 3.8) is 0 Å². The zero-order chi connectivity index (χ0) is 44.8. The predicted molar refractivity (Wildman–Crippen MR) is 155 cm³/mol. The topological polar surface area (TPSA) is 0 Å². The van der Waals surface area contributed by atoms with Crippen molar-refractivity contribution in [2.24, 2.45) is 0 Å². The van der Waals surface area contributed by atoms with Crippen molar-refractivity contribution in [3.05, 3.63) is 145 Å². The summed E-state index contributed by atoms with van der Waals surface area (Å²) in [5.41, 5.74) is -4.51. The maximum absolute atomic E-state index is 9.86. The molecule has 0 aliphatic heterocycles. The Labute approximate surface area is 244 Å². The molecular formula is C36H24. The molecule has 7 aromatic carbocycles. The second-order valence-corrected chi connectivity index (χ2v) is 7.50. The van der Waals surface area contributed by atoms with Gasteiger partial charge in [0.2, 0.25) is 0 Å². The van der Waals surface area contributed by atoms with E-state index in [-0.39, 0.29) is 0 Å². The first kappa shape index (κ1) is 7.66. The van der Waals surface area contributed by atoms with Crippen LogP contribution in [0.5, 0.6) is 0 Å². The fraction of sp³-hybridized carbons (Fsp3) is 0. The van der Waals surface area contributed by atoms with Gasteiger partial charge in [-0.25, -0.2) is 0 Å². The van der Waals surface area contributed by atoms with Gasteiger partial charge in [0.1, 0.15) is 0 Å². The van der Waals surface area contributed by atoms with Gasteiger partial charge in [-0.05, 0) is 71.7 Å². The normalized spacial score (nSPS) is 20.7. The van der Waals surface area contributed by atoms with E-state index in [2.05, 4.69) is 0 Å². The van der Waals surface area contributed by atoms with Gasteiger partial charge in [-0.1, -0.05) is 139 Å². The van der Waals surface area contributed by atoms with Crippen LogP contribution in [-0.4, -0.2) is 0 Å². The van der Waals surface area contributed by atoms with Crippen LogP contribution in [0.3, 0.4) is 0 Å². The van der Waals surface area contributed by atoms with E-state index in [1.807, 2.05) is 0 Å². The van der Waals surface area contributed by atoms with Gasteiger partial charge in [0.25, 0.3) is 0 Å². The number of rotatable bonds is 3. The van der Waals surface area contributed by atoms with Gasteiger partial charge >= 0.3 is 0 Å². The summed E-state index contributed by atoms with van der Waals surface area (Å²) >= 11 is 0. The summed E-state index contributed by atoms with van der Waals surface area (Å²) in [4.78, 5) is 0. The third-order valence-electron chi connectivity index (χ3n) is 5.56. The Morgan fingerprint density at radius 1 is 0.333 bits per heavy atom. The van der Waals surface area contributed by atoms with Gasteiger partial charge in [0, 0.05) is 0 Å². The third-order valence-corrected chi connectivity index (χ3v) is 5.56. The minimum absolute atomic E-state index is 0.597. The van der Waals surface area contributed by atoms with Gasteiger partial charge in [-0.2, -0.15) is 0 Å². The second kappa shape index (κ2) is 8.52. The van der Waals surface area contributed by atoms with E-state index in [9.17, 15) is 5.48 Å². The van der Waals surface area contributed by atoms with Crippen molar-refractivity contribution in [1.82, 2.24) is 0 Å². The molecule has 0 heterocycles. The van der Waals surface area contributed by atoms with Crippen LogP contribution in [0.15, 0.2) is 145 Å². The van der Waals surface area contributed by atoms with Crippen molar-refractivity contribution in [3.8, 4) is 33.4 Å². The molecule has 0 spiro atoms. The standard InChI is InChI=1S/C36H24/c1-3-13-26(14-4-1)35-31-19-9-10-20-32(31)36(27-15-5-2-6-16-27)34-24-28(22-23-33(34)35)30-21-11-17-25-12-7-8-18-29(25)30/h1-24H/i1D,2D,3D,4D,5D,6D,7D,8D,9D,10D,11D,12D,13D,14D,15D,16D,17D,18D,19D,20D,21D,22D,23D,24D. The Balaban J connectivity index is 1.97. The van der Waals surface area contributed by atoms with E-state index in [1.54, 1.807) is 0 Å². The minimum Gasteiger partial charge on any atom is -0.0622 e. The molecule has 0 radical (unpaired) electrons. The van der Waals surface area contributed by atoms with Gasteiger partial charge < -0.3 is 0 Å². The fourth-order valence-corrected chi connectivity index (χ4v) is 4.09. The average molecular weight is 481 g/mol. The van der Waals surface area contributed by atoms with Crippen molar-refractivity contribution >= 4 is 32.3 Å². The molecule has 0 heteroatoms. The molecule has 0 amide bonds. The SMILES string of the molecule is [2H]c1c([2H])c([2H])c(-c2c3c([2H])c([2H])c([2H])c([2H])c3c(-c3c([2H])c([2H])c([2H])c([2H])c3[2H])c3c([2H])c(-c4c([2H])c([2H])c([2H])c5c([2H])c([2H])c([2H])c([2H])c45)c([2H])c([2H])c23)c([2H])c1[2H]. The smallest absolute Gasteiger partial charge is 0.0622 e. The van der Waals surface area contributed by atoms with E-state index in [1.165, 1.54) is 0 Å². The van der Waals surface area contributed by atoms with Gasteiger partial charge in [-0.15, -0.1) is 0 Å². The summed E-state index contributed by atoms with van der Waals surface area (Å²) < 4.78 is 211. The van der Waals surface area contributed by atoms with E-state index in [4.69, 9.17) is 27.4 Å². The predicted octanol–water partition coefficient (Wildman–Crippen LogP) is 10.1. The Bertz CT molecular complexity index is 3120. The zero-order valence-corrected chi connectivity index (χ0v) is 18.0. The van der Waals surface area contributed by atoms with Crippen LogP contribution < -0.4 is 0 Å². The van der Waals surface area contributed by atoms with Crippen molar-refractivity contribution in [2.75, 3.05) is 0 Å². The lowest BCUT2D eigenvalue weighted by atomic mass is 9.84. The number of fused-ring (bicyclic) bond motifs is 3. The molecule has 0 saturated carbocycles. The maximum atomic E-state index is 9.86. The van der Waals surface area contributed by atoms with Crippen LogP contribution in [-0.2, 0) is 0 Å². The van der Waals surface area contributed by atoms with Crippen LogP contribution in [0.2, 0.25) is 0 Å². The summed E-state index contributed by atoms with van der Waals surface area (Å²) in [5.74, 6) is 0. The van der Waals surface area contributed by atoms with E-state index >= 15 is 0 Å². The number of hydrogen-bond donors (Lipinski definition) is 0. The number of benzene rings is 7. The summed E-state index contributed by atoms with van der Waals surface area (Å²) in [6.07, 6.45) is 0.